The first-order valence-corrected chi connectivity index (χ1v) is 9.59. The van der Waals surface area contributed by atoms with Crippen molar-refractivity contribution < 1.29 is 5.11 Å². The third kappa shape index (κ3) is 3.73. The van der Waals surface area contributed by atoms with E-state index in [1.165, 1.54) is 55.7 Å². The van der Waals surface area contributed by atoms with Crippen molar-refractivity contribution >= 4 is 5.69 Å². The number of nitrogens with zero attached hydrogens (tertiary/aromatic N) is 2. The van der Waals surface area contributed by atoms with Gasteiger partial charge >= 0.3 is 0 Å². The lowest BCUT2D eigenvalue weighted by molar-refractivity contribution is 0.212. The lowest BCUT2D eigenvalue weighted by Crippen LogP contribution is -2.44. The van der Waals surface area contributed by atoms with Crippen LogP contribution in [0.1, 0.15) is 29.5 Å². The van der Waals surface area contributed by atoms with Crippen LogP contribution in [0.15, 0.2) is 48.5 Å². The predicted molar refractivity (Wildman–Crippen MR) is 103 cm³/mol. The summed E-state index contributed by atoms with van der Waals surface area (Å²) in [4.78, 5) is 5.25. The maximum Gasteiger partial charge on any atom is 0.0681 e. The van der Waals surface area contributed by atoms with Crippen molar-refractivity contribution in [2.24, 2.45) is 0 Å². The molecule has 2 aromatic rings. The second kappa shape index (κ2) is 7.59. The van der Waals surface area contributed by atoms with Gasteiger partial charge in [-0.1, -0.05) is 42.5 Å². The standard InChI is InChI=1S/C22H28N2O/c25-17-19-5-3-4-18(16-19)8-12-23-13-10-21(11-14-23)24-15-9-20-6-1-2-7-22(20)24/h1-7,16,21,25H,8-15,17H2. The number of piperidine rings is 1. The van der Waals surface area contributed by atoms with Crippen LogP contribution in [0, 0.1) is 0 Å². The fourth-order valence-corrected chi connectivity index (χ4v) is 4.37. The van der Waals surface area contributed by atoms with Crippen molar-refractivity contribution in [3.8, 4) is 0 Å². The number of hydrogen-bond acceptors (Lipinski definition) is 3. The summed E-state index contributed by atoms with van der Waals surface area (Å²) in [6.45, 7) is 4.85. The molecule has 2 heterocycles. The largest absolute Gasteiger partial charge is 0.392 e. The van der Waals surface area contributed by atoms with E-state index < -0.39 is 0 Å². The number of benzene rings is 2. The van der Waals surface area contributed by atoms with Crippen LogP contribution in [-0.2, 0) is 19.4 Å². The summed E-state index contributed by atoms with van der Waals surface area (Å²) in [5.41, 5.74) is 5.35. The summed E-state index contributed by atoms with van der Waals surface area (Å²) < 4.78 is 0. The zero-order chi connectivity index (χ0) is 17.1. The highest BCUT2D eigenvalue weighted by molar-refractivity contribution is 5.58. The van der Waals surface area contributed by atoms with Gasteiger partial charge in [0.2, 0.25) is 0 Å². The summed E-state index contributed by atoms with van der Waals surface area (Å²) in [7, 11) is 0. The van der Waals surface area contributed by atoms with Crippen LogP contribution < -0.4 is 4.90 Å². The van der Waals surface area contributed by atoms with Gasteiger partial charge in [0.05, 0.1) is 6.61 Å². The minimum Gasteiger partial charge on any atom is -0.392 e. The second-order valence-corrected chi connectivity index (χ2v) is 7.37. The van der Waals surface area contributed by atoms with Crippen LogP contribution in [0.25, 0.3) is 0 Å². The summed E-state index contributed by atoms with van der Waals surface area (Å²) in [6, 6.07) is 18.0. The van der Waals surface area contributed by atoms with Gasteiger partial charge in [-0.15, -0.1) is 0 Å². The number of likely N-dealkylation sites (tertiary alicyclic amines) is 1. The van der Waals surface area contributed by atoms with Crippen LogP contribution in [-0.4, -0.2) is 42.2 Å². The van der Waals surface area contributed by atoms with Crippen LogP contribution >= 0.6 is 0 Å². The van der Waals surface area contributed by atoms with E-state index >= 15 is 0 Å². The Balaban J connectivity index is 1.29. The Morgan fingerprint density at radius 1 is 0.920 bits per heavy atom. The van der Waals surface area contributed by atoms with Crippen LogP contribution in [0.4, 0.5) is 5.69 Å². The van der Waals surface area contributed by atoms with Gasteiger partial charge in [0.15, 0.2) is 0 Å². The van der Waals surface area contributed by atoms with Crippen molar-refractivity contribution in [3.05, 3.63) is 65.2 Å². The first kappa shape index (κ1) is 16.6. The Labute approximate surface area is 150 Å². The lowest BCUT2D eigenvalue weighted by atomic mass is 10.0. The lowest BCUT2D eigenvalue weighted by Gasteiger charge is -2.38. The van der Waals surface area contributed by atoms with Crippen LogP contribution in [0.3, 0.4) is 0 Å². The fourth-order valence-electron chi connectivity index (χ4n) is 4.37. The van der Waals surface area contributed by atoms with E-state index in [0.717, 1.165) is 18.5 Å². The topological polar surface area (TPSA) is 26.7 Å². The van der Waals surface area contributed by atoms with Crippen molar-refractivity contribution in [2.75, 3.05) is 31.1 Å². The fraction of sp³-hybridized carbons (Fsp3) is 0.455. The Bertz CT molecular complexity index is 707. The summed E-state index contributed by atoms with van der Waals surface area (Å²) in [6.07, 6.45) is 4.82. The maximum atomic E-state index is 9.27. The maximum absolute atomic E-state index is 9.27. The molecule has 2 aliphatic rings. The number of rotatable bonds is 5. The monoisotopic (exact) mass is 336 g/mol. The molecule has 3 heteroatoms. The number of aliphatic hydroxyl groups is 1. The number of hydrogen-bond donors (Lipinski definition) is 1. The zero-order valence-electron chi connectivity index (χ0n) is 14.9. The normalized spacial score (nSPS) is 18.5. The van der Waals surface area contributed by atoms with E-state index in [0.29, 0.717) is 6.04 Å². The highest BCUT2D eigenvalue weighted by Crippen LogP contribution is 2.32. The Kier molecular flexibility index (Phi) is 5.04. The molecule has 1 N–H and O–H groups in total. The molecule has 2 aromatic carbocycles. The molecular formula is C22H28N2O. The van der Waals surface area contributed by atoms with Gasteiger partial charge in [-0.2, -0.15) is 0 Å². The number of aliphatic hydroxyl groups excluding tert-OH is 1. The molecular weight excluding hydrogens is 308 g/mol. The molecule has 25 heavy (non-hydrogen) atoms. The summed E-state index contributed by atoms with van der Waals surface area (Å²) in [5.74, 6) is 0. The average Bonchev–Trinajstić information content (AvgIpc) is 3.11. The van der Waals surface area contributed by atoms with Gasteiger partial charge in [-0.3, -0.25) is 0 Å². The molecule has 0 atom stereocenters. The molecule has 4 rings (SSSR count). The molecule has 0 bridgehead atoms. The molecule has 0 amide bonds. The second-order valence-electron chi connectivity index (χ2n) is 7.37. The molecule has 2 aliphatic heterocycles. The first-order chi connectivity index (χ1) is 12.3. The predicted octanol–water partition coefficient (Wildman–Crippen LogP) is 3.25. The zero-order valence-corrected chi connectivity index (χ0v) is 14.9. The number of para-hydroxylation sites is 1. The SMILES string of the molecule is OCc1cccc(CCN2CCC(N3CCc4ccccc43)CC2)c1. The van der Waals surface area contributed by atoms with E-state index in [1.807, 2.05) is 6.07 Å². The van der Waals surface area contributed by atoms with Crippen molar-refractivity contribution in [3.63, 3.8) is 0 Å². The quantitative estimate of drug-likeness (QED) is 0.908. The molecule has 1 saturated heterocycles. The van der Waals surface area contributed by atoms with E-state index in [4.69, 9.17) is 0 Å². The summed E-state index contributed by atoms with van der Waals surface area (Å²) in [5, 5.41) is 9.27. The third-order valence-electron chi connectivity index (χ3n) is 5.81. The van der Waals surface area contributed by atoms with Gasteiger partial charge < -0.3 is 14.9 Å². The third-order valence-corrected chi connectivity index (χ3v) is 5.81. The van der Waals surface area contributed by atoms with Gasteiger partial charge in [-0.05, 0) is 48.4 Å². The number of anilines is 1. The van der Waals surface area contributed by atoms with Crippen LogP contribution in [0.5, 0.6) is 0 Å². The highest BCUT2D eigenvalue weighted by Gasteiger charge is 2.28. The minimum absolute atomic E-state index is 0.135. The molecule has 1 fully saturated rings. The minimum atomic E-state index is 0.135. The van der Waals surface area contributed by atoms with Crippen molar-refractivity contribution in [2.45, 2.75) is 38.3 Å². The van der Waals surface area contributed by atoms with E-state index in [2.05, 4.69) is 52.3 Å². The van der Waals surface area contributed by atoms with Crippen molar-refractivity contribution in [1.29, 1.82) is 0 Å². The smallest absolute Gasteiger partial charge is 0.0681 e. The molecule has 0 aromatic heterocycles. The molecule has 0 aliphatic carbocycles. The van der Waals surface area contributed by atoms with E-state index in [-0.39, 0.29) is 6.61 Å². The average molecular weight is 336 g/mol. The number of fused-ring (bicyclic) bond motifs is 1. The molecule has 0 unspecified atom stereocenters. The van der Waals surface area contributed by atoms with E-state index in [1.54, 1.807) is 0 Å². The first-order valence-electron chi connectivity index (χ1n) is 9.59. The molecule has 132 valence electrons. The molecule has 0 radical (unpaired) electrons. The summed E-state index contributed by atoms with van der Waals surface area (Å²) >= 11 is 0. The van der Waals surface area contributed by atoms with Gasteiger partial charge in [0.25, 0.3) is 0 Å². The van der Waals surface area contributed by atoms with Gasteiger partial charge in [0.1, 0.15) is 0 Å². The Hall–Kier alpha value is -1.84. The molecule has 0 saturated carbocycles. The van der Waals surface area contributed by atoms with Gasteiger partial charge in [0, 0.05) is 37.9 Å². The van der Waals surface area contributed by atoms with Crippen LogP contribution in [0.2, 0.25) is 0 Å². The van der Waals surface area contributed by atoms with E-state index in [9.17, 15) is 5.11 Å². The molecule has 0 spiro atoms. The highest BCUT2D eigenvalue weighted by atomic mass is 16.3. The Morgan fingerprint density at radius 2 is 1.72 bits per heavy atom. The molecule has 3 nitrogen and oxygen atoms in total. The van der Waals surface area contributed by atoms with Gasteiger partial charge in [-0.25, -0.2) is 0 Å². The Morgan fingerprint density at radius 3 is 2.56 bits per heavy atom. The van der Waals surface area contributed by atoms with Crippen molar-refractivity contribution in [1.82, 2.24) is 4.90 Å².